The van der Waals surface area contributed by atoms with E-state index < -0.39 is 103 Å². The summed E-state index contributed by atoms with van der Waals surface area (Å²) in [6.07, 6.45) is 8.59. The molecule has 1 aliphatic carbocycles. The molecule has 17 N–H and O–H groups in total. The predicted molar refractivity (Wildman–Crippen MR) is 248 cm³/mol. The second-order valence-corrected chi connectivity index (χ2v) is 17.2. The van der Waals surface area contributed by atoms with E-state index in [0.717, 1.165) is 37.7 Å². The summed E-state index contributed by atoms with van der Waals surface area (Å²) >= 11 is 0. The van der Waals surface area contributed by atoms with Gasteiger partial charge in [-0.05, 0) is 109 Å². The van der Waals surface area contributed by atoms with Crippen molar-refractivity contribution in [3.8, 4) is 0 Å². The third-order valence-corrected chi connectivity index (χ3v) is 11.6. The van der Waals surface area contributed by atoms with Crippen LogP contribution in [0.5, 0.6) is 0 Å². The van der Waals surface area contributed by atoms with Crippen molar-refractivity contribution in [1.29, 1.82) is 0 Å². The van der Waals surface area contributed by atoms with Crippen LogP contribution in [0, 0.1) is 5.92 Å². The van der Waals surface area contributed by atoms with Gasteiger partial charge in [0.05, 0.1) is 25.0 Å². The molecule has 0 bridgehead atoms. The molecule has 372 valence electrons. The monoisotopic (exact) mass is 932 g/mol. The van der Waals surface area contributed by atoms with E-state index in [0.29, 0.717) is 71.0 Å². The number of carboxylic acid groups (broad SMARTS) is 2. The minimum Gasteiger partial charge on any atom is -0.481 e. The number of carbonyl (C=O) groups is 8. The van der Waals surface area contributed by atoms with Crippen LogP contribution in [0.25, 0.3) is 0 Å². The van der Waals surface area contributed by atoms with Crippen LogP contribution in [-0.4, -0.2) is 133 Å². The highest BCUT2D eigenvalue weighted by Crippen LogP contribution is 2.27. The van der Waals surface area contributed by atoms with E-state index in [9.17, 15) is 43.5 Å². The smallest absolute Gasteiger partial charge is 0.326 e. The van der Waals surface area contributed by atoms with Crippen molar-refractivity contribution in [3.05, 3.63) is 35.9 Å². The molecule has 1 aromatic rings. The summed E-state index contributed by atoms with van der Waals surface area (Å²) < 4.78 is 0. The van der Waals surface area contributed by atoms with Gasteiger partial charge >= 0.3 is 11.9 Å². The fourth-order valence-corrected chi connectivity index (χ4v) is 7.71. The lowest BCUT2D eigenvalue weighted by Crippen LogP contribution is -2.58. The Hall–Kier alpha value is -5.22. The maximum absolute atomic E-state index is 14.1. The van der Waals surface area contributed by atoms with Crippen molar-refractivity contribution in [2.24, 2.45) is 28.9 Å². The van der Waals surface area contributed by atoms with Crippen molar-refractivity contribution in [1.82, 2.24) is 37.2 Å². The van der Waals surface area contributed by atoms with Crippen LogP contribution in [0.1, 0.15) is 115 Å². The van der Waals surface area contributed by atoms with Crippen molar-refractivity contribution in [3.63, 3.8) is 0 Å². The van der Waals surface area contributed by atoms with Crippen molar-refractivity contribution in [2.75, 3.05) is 32.7 Å². The average Bonchev–Trinajstić information content (AvgIpc) is 3.28. The van der Waals surface area contributed by atoms with E-state index in [2.05, 4.69) is 37.2 Å². The quantitative estimate of drug-likeness (QED) is 0.0369. The number of rotatable bonds is 34. The van der Waals surface area contributed by atoms with Crippen LogP contribution in [0.4, 0.5) is 0 Å². The Kier molecular flexibility index (Phi) is 28.0. The van der Waals surface area contributed by atoms with Gasteiger partial charge in [0.15, 0.2) is 0 Å². The lowest BCUT2D eigenvalue weighted by atomic mass is 9.84. The summed E-state index contributed by atoms with van der Waals surface area (Å²) in [5.74, 6) is -6.07. The number of nitrogens with two attached hydrogens (primary N) is 4. The molecule has 0 heterocycles. The third-order valence-electron chi connectivity index (χ3n) is 11.6. The molecule has 66 heavy (non-hydrogen) atoms. The van der Waals surface area contributed by atoms with Gasteiger partial charge in [-0.3, -0.25) is 33.6 Å². The first-order valence-electron chi connectivity index (χ1n) is 23.4. The van der Waals surface area contributed by atoms with E-state index in [1.165, 1.54) is 0 Å². The molecule has 0 aromatic heterocycles. The van der Waals surface area contributed by atoms with Gasteiger partial charge in [-0.25, -0.2) is 4.79 Å². The second kappa shape index (κ2) is 32.5. The zero-order chi connectivity index (χ0) is 48.9. The molecule has 21 nitrogen and oxygen atoms in total. The minimum atomic E-state index is -1.40. The van der Waals surface area contributed by atoms with Crippen LogP contribution >= 0.6 is 0 Å². The molecule has 0 saturated heterocycles. The molecule has 21 heteroatoms. The summed E-state index contributed by atoms with van der Waals surface area (Å²) in [6.45, 7) is 2.31. The van der Waals surface area contributed by atoms with Gasteiger partial charge in [0.1, 0.15) is 24.2 Å². The van der Waals surface area contributed by atoms with E-state index in [1.807, 2.05) is 30.3 Å². The highest BCUT2D eigenvalue weighted by Gasteiger charge is 2.31. The first-order chi connectivity index (χ1) is 31.6. The minimum absolute atomic E-state index is 0.0909. The highest BCUT2D eigenvalue weighted by atomic mass is 16.4. The fourth-order valence-electron chi connectivity index (χ4n) is 7.71. The van der Waals surface area contributed by atoms with Crippen molar-refractivity contribution < 1.29 is 48.6 Å². The molecular weight excluding hydrogens is 855 g/mol. The molecule has 1 fully saturated rings. The van der Waals surface area contributed by atoms with E-state index >= 15 is 0 Å². The zero-order valence-electron chi connectivity index (χ0n) is 38.5. The van der Waals surface area contributed by atoms with Crippen LogP contribution in [0.2, 0.25) is 0 Å². The molecule has 0 spiro atoms. The van der Waals surface area contributed by atoms with Gasteiger partial charge in [-0.15, -0.1) is 0 Å². The number of benzene rings is 1. The van der Waals surface area contributed by atoms with Crippen LogP contribution in [0.3, 0.4) is 0 Å². The van der Waals surface area contributed by atoms with Gasteiger partial charge in [0, 0.05) is 12.6 Å². The maximum Gasteiger partial charge on any atom is 0.326 e. The summed E-state index contributed by atoms with van der Waals surface area (Å²) in [5.41, 5.74) is 23.6. The lowest BCUT2D eigenvalue weighted by molar-refractivity contribution is -0.142. The molecule has 6 amide bonds. The van der Waals surface area contributed by atoms with Gasteiger partial charge in [-0.2, -0.15) is 0 Å². The Morgan fingerprint density at radius 3 is 1.71 bits per heavy atom. The first-order valence-corrected chi connectivity index (χ1v) is 23.4. The molecule has 1 aliphatic rings. The second-order valence-electron chi connectivity index (χ2n) is 17.2. The molecule has 0 unspecified atom stereocenters. The number of amides is 6. The average molecular weight is 932 g/mol. The molecular formula is C45H77N11O10. The lowest BCUT2D eigenvalue weighted by Gasteiger charge is -2.28. The van der Waals surface area contributed by atoms with Crippen LogP contribution in [-0.2, 0) is 44.8 Å². The largest absolute Gasteiger partial charge is 0.481 e. The summed E-state index contributed by atoms with van der Waals surface area (Å²) in [4.78, 5) is 104. The fraction of sp³-hybridized carbons (Fsp3) is 0.689. The Morgan fingerprint density at radius 1 is 0.636 bits per heavy atom. The topological polar surface area (TPSA) is 365 Å². The normalized spacial score (nSPS) is 16.0. The van der Waals surface area contributed by atoms with Gasteiger partial charge in [-0.1, -0.05) is 62.4 Å². The Labute approximate surface area is 388 Å². The summed E-state index contributed by atoms with van der Waals surface area (Å²) in [5, 5.41) is 38.1. The van der Waals surface area contributed by atoms with Gasteiger partial charge < -0.3 is 70.4 Å². The number of unbranched alkanes of at least 4 members (excludes halogenated alkanes) is 3. The Balaban J connectivity index is 2.23. The number of hydrogen-bond donors (Lipinski definition) is 13. The van der Waals surface area contributed by atoms with Crippen molar-refractivity contribution in [2.45, 2.75) is 158 Å². The molecule has 2 rings (SSSR count). The third kappa shape index (κ3) is 23.3. The highest BCUT2D eigenvalue weighted by molar-refractivity contribution is 5.94. The molecule has 0 aliphatic heterocycles. The molecule has 0 radical (unpaired) electrons. The number of carbonyl (C=O) groups excluding carboxylic acids is 6. The number of carboxylic acids is 2. The van der Waals surface area contributed by atoms with Gasteiger partial charge in [0.25, 0.3) is 0 Å². The molecule has 7 atom stereocenters. The Bertz CT molecular complexity index is 1670. The summed E-state index contributed by atoms with van der Waals surface area (Å²) in [6, 6.07) is 2.16. The van der Waals surface area contributed by atoms with Crippen molar-refractivity contribution >= 4 is 47.4 Å². The van der Waals surface area contributed by atoms with E-state index in [4.69, 9.17) is 28.0 Å². The number of hydrogen-bond acceptors (Lipinski definition) is 13. The number of aliphatic carboxylic acids is 2. The first kappa shape index (κ1) is 56.9. The molecule has 1 aromatic carbocycles. The van der Waals surface area contributed by atoms with Gasteiger partial charge in [0.2, 0.25) is 35.4 Å². The SMILES string of the molecule is C[C@H](NC[C@H](Cc1ccccc1)NC(=O)[C@H](CCCCN)NC(=O)[C@H](CCCCN)NC(=O)[C@@H](N)CC(=O)O)C(=O)N[C@@H](CC1CCCCC1)C(=O)NCC(=O)N[C@@H](CCCCN)C(=O)O. The van der Waals surface area contributed by atoms with Crippen LogP contribution in [0.15, 0.2) is 30.3 Å². The predicted octanol–water partition coefficient (Wildman–Crippen LogP) is -1.01. The van der Waals surface area contributed by atoms with E-state index in [1.54, 1.807) is 6.92 Å². The summed E-state index contributed by atoms with van der Waals surface area (Å²) in [7, 11) is 0. The van der Waals surface area contributed by atoms with Crippen LogP contribution < -0.4 is 60.2 Å². The molecule has 1 saturated carbocycles. The van der Waals surface area contributed by atoms with E-state index in [-0.39, 0.29) is 31.7 Å². The maximum atomic E-state index is 14.1. The standard InChI is InChI=1S/C45H77N11O10/c1-29(40(60)56-37(25-31-16-6-3-7-17-31)42(62)51-28-38(57)53-36(45(65)66)20-10-13-23-48)50-27-32(24-30-14-4-2-5-15-30)52-43(63)34(18-8-11-21-46)55-44(64)35(19-9-12-22-47)54-41(61)33(49)26-39(58)59/h2,4-5,14-15,29,31-37,50H,3,6-13,16-28,46-49H2,1H3,(H,51,62)(H,52,63)(H,53,57)(H,54,61)(H,55,64)(H,56,60)(H,58,59)(H,65,66)/t29-,32-,33-,34-,35-,36-,37-/m0/s1. The zero-order valence-corrected chi connectivity index (χ0v) is 38.5. The Morgan fingerprint density at radius 2 is 1.17 bits per heavy atom. The number of nitrogens with one attached hydrogen (secondary N) is 7.